The number of fused-ring (bicyclic) bond motifs is 1. The molecule has 4 aromatic rings. The van der Waals surface area contributed by atoms with E-state index in [0.717, 1.165) is 12.1 Å². The van der Waals surface area contributed by atoms with Gasteiger partial charge in [-0.05, 0) is 68.8 Å². The van der Waals surface area contributed by atoms with Crippen LogP contribution in [0.1, 0.15) is 47.2 Å². The minimum absolute atomic E-state index is 0.0173. The van der Waals surface area contributed by atoms with Crippen LogP contribution in [0.4, 0.5) is 34.6 Å². The molecule has 5 rings (SSSR count). The second-order valence-corrected chi connectivity index (χ2v) is 14.8. The van der Waals surface area contributed by atoms with Crippen molar-refractivity contribution >= 4 is 55.6 Å². The number of para-hydroxylation sites is 1. The van der Waals surface area contributed by atoms with Gasteiger partial charge in [0.1, 0.15) is 18.0 Å². The normalized spacial score (nSPS) is 14.8. The summed E-state index contributed by atoms with van der Waals surface area (Å²) in [5, 5.41) is 9.43. The minimum atomic E-state index is -4.61. The summed E-state index contributed by atoms with van der Waals surface area (Å²) in [4.78, 5) is 41.3. The smallest absolute Gasteiger partial charge is 0.408 e. The van der Waals surface area contributed by atoms with E-state index < -0.39 is 51.8 Å². The number of aromatic nitrogens is 2. The Morgan fingerprint density at radius 2 is 1.57 bits per heavy atom. The molecule has 1 aliphatic rings. The predicted octanol–water partition coefficient (Wildman–Crippen LogP) is 5.36. The standard InChI is InChI=1S/C33H33F4N5O6S/c1-32(2,3)48-28(43)18-21-16-22(34)9-10-24(21)38-30(44)20-8-11-27(41-12-14-49(46,47)15-13-41)25(17-20)39-31(45)29-23-6-4-5-7-26(23)42(40-29)19-33(35,36)37/h4-11,16-17H,12-15,18-19H2,1-3H3,(H,38,44)(H,39,45). The van der Waals surface area contributed by atoms with Crippen LogP contribution in [0.25, 0.3) is 10.9 Å². The number of hydrogen-bond donors (Lipinski definition) is 2. The van der Waals surface area contributed by atoms with Crippen molar-refractivity contribution in [1.82, 2.24) is 9.78 Å². The van der Waals surface area contributed by atoms with Crippen LogP contribution in [-0.2, 0) is 32.3 Å². The summed E-state index contributed by atoms with van der Waals surface area (Å²) in [6.45, 7) is 3.78. The summed E-state index contributed by atoms with van der Waals surface area (Å²) in [6, 6.07) is 13.7. The second-order valence-electron chi connectivity index (χ2n) is 12.5. The largest absolute Gasteiger partial charge is 0.460 e. The number of benzene rings is 3. The highest BCUT2D eigenvalue weighted by molar-refractivity contribution is 7.91. The molecule has 1 aliphatic heterocycles. The number of alkyl halides is 3. The van der Waals surface area contributed by atoms with Gasteiger partial charge < -0.3 is 20.3 Å². The van der Waals surface area contributed by atoms with E-state index in [2.05, 4.69) is 15.7 Å². The van der Waals surface area contributed by atoms with Crippen molar-refractivity contribution in [2.45, 2.75) is 45.5 Å². The Kier molecular flexibility index (Phi) is 9.72. The average molecular weight is 704 g/mol. The Morgan fingerprint density at radius 3 is 2.24 bits per heavy atom. The molecule has 0 saturated carbocycles. The van der Waals surface area contributed by atoms with E-state index in [1.807, 2.05) is 0 Å². The second kappa shape index (κ2) is 13.5. The number of amides is 2. The SMILES string of the molecule is CC(C)(C)OC(=O)Cc1cc(F)ccc1NC(=O)c1ccc(N2CCS(=O)(=O)CC2)c(NC(=O)c2nn(CC(F)(F)F)c3ccccc23)c1. The van der Waals surface area contributed by atoms with Gasteiger partial charge in [-0.1, -0.05) is 18.2 Å². The van der Waals surface area contributed by atoms with Gasteiger partial charge in [0.15, 0.2) is 15.5 Å². The molecule has 11 nitrogen and oxygen atoms in total. The van der Waals surface area contributed by atoms with Crippen molar-refractivity contribution in [1.29, 1.82) is 0 Å². The lowest BCUT2D eigenvalue weighted by Crippen LogP contribution is -2.40. The lowest BCUT2D eigenvalue weighted by atomic mass is 10.1. The lowest BCUT2D eigenvalue weighted by Gasteiger charge is -2.30. The maximum absolute atomic E-state index is 14.1. The van der Waals surface area contributed by atoms with Crippen LogP contribution >= 0.6 is 0 Å². The first-order valence-corrected chi connectivity index (χ1v) is 16.9. The van der Waals surface area contributed by atoms with Crippen molar-refractivity contribution in [3.8, 4) is 0 Å². The van der Waals surface area contributed by atoms with Crippen LogP contribution in [0.5, 0.6) is 0 Å². The molecule has 0 spiro atoms. The molecule has 2 amide bonds. The molecular formula is C33H33F4N5O6S. The number of esters is 1. The van der Waals surface area contributed by atoms with Crippen LogP contribution < -0.4 is 15.5 Å². The number of carbonyl (C=O) groups excluding carboxylic acids is 3. The Labute approximate surface area is 279 Å². The number of halogens is 4. The molecule has 260 valence electrons. The van der Waals surface area contributed by atoms with E-state index in [1.165, 1.54) is 42.5 Å². The van der Waals surface area contributed by atoms with Gasteiger partial charge in [-0.25, -0.2) is 12.8 Å². The molecule has 0 bridgehead atoms. The fraction of sp³-hybridized carbons (Fsp3) is 0.333. The summed E-state index contributed by atoms with van der Waals surface area (Å²) in [7, 11) is -3.28. The van der Waals surface area contributed by atoms with Gasteiger partial charge in [0, 0.05) is 29.7 Å². The van der Waals surface area contributed by atoms with Crippen molar-refractivity contribution in [3.05, 3.63) is 83.3 Å². The van der Waals surface area contributed by atoms with E-state index in [-0.39, 0.29) is 70.1 Å². The summed E-state index contributed by atoms with van der Waals surface area (Å²) in [5.74, 6) is -3.14. The molecule has 49 heavy (non-hydrogen) atoms. The average Bonchev–Trinajstić information content (AvgIpc) is 3.35. The maximum atomic E-state index is 14.1. The monoisotopic (exact) mass is 703 g/mol. The van der Waals surface area contributed by atoms with E-state index in [0.29, 0.717) is 10.4 Å². The zero-order valence-corrected chi connectivity index (χ0v) is 27.5. The molecular weight excluding hydrogens is 670 g/mol. The molecule has 1 saturated heterocycles. The third kappa shape index (κ3) is 8.93. The molecule has 0 aliphatic carbocycles. The Balaban J connectivity index is 1.47. The molecule has 2 N–H and O–H groups in total. The summed E-state index contributed by atoms with van der Waals surface area (Å²) in [5.41, 5.74) is -0.258. The summed E-state index contributed by atoms with van der Waals surface area (Å²) < 4.78 is 84.3. The fourth-order valence-corrected chi connectivity index (χ4v) is 6.53. The van der Waals surface area contributed by atoms with Gasteiger partial charge in [0.05, 0.1) is 34.8 Å². The first kappa shape index (κ1) is 35.3. The van der Waals surface area contributed by atoms with E-state index in [9.17, 15) is 40.4 Å². The molecule has 0 atom stereocenters. The lowest BCUT2D eigenvalue weighted by molar-refractivity contribution is -0.154. The number of carbonyl (C=O) groups is 3. The van der Waals surface area contributed by atoms with E-state index in [1.54, 1.807) is 31.7 Å². The molecule has 1 aromatic heterocycles. The van der Waals surface area contributed by atoms with Crippen LogP contribution in [0.2, 0.25) is 0 Å². The first-order chi connectivity index (χ1) is 22.9. The Bertz CT molecular complexity index is 2030. The number of nitrogens with zero attached hydrogens (tertiary/aromatic N) is 3. The third-order valence-electron chi connectivity index (χ3n) is 7.46. The molecule has 2 heterocycles. The van der Waals surface area contributed by atoms with Crippen molar-refractivity contribution in [2.24, 2.45) is 0 Å². The van der Waals surface area contributed by atoms with Crippen molar-refractivity contribution in [3.63, 3.8) is 0 Å². The third-order valence-corrected chi connectivity index (χ3v) is 9.07. The number of sulfone groups is 1. The fourth-order valence-electron chi connectivity index (χ4n) is 5.33. The predicted molar refractivity (Wildman–Crippen MR) is 175 cm³/mol. The quantitative estimate of drug-likeness (QED) is 0.185. The zero-order valence-electron chi connectivity index (χ0n) is 26.7. The van der Waals surface area contributed by atoms with Crippen LogP contribution in [0.3, 0.4) is 0 Å². The van der Waals surface area contributed by atoms with E-state index >= 15 is 0 Å². The zero-order chi connectivity index (χ0) is 35.7. The van der Waals surface area contributed by atoms with Crippen LogP contribution in [-0.4, -0.2) is 72.4 Å². The van der Waals surface area contributed by atoms with E-state index in [4.69, 9.17) is 4.74 Å². The topological polar surface area (TPSA) is 140 Å². The molecule has 3 aromatic carbocycles. The Morgan fingerprint density at radius 1 is 0.898 bits per heavy atom. The van der Waals surface area contributed by atoms with Gasteiger partial charge in [0.2, 0.25) is 0 Å². The summed E-state index contributed by atoms with van der Waals surface area (Å²) in [6.07, 6.45) is -4.94. The molecule has 0 unspecified atom stereocenters. The maximum Gasteiger partial charge on any atom is 0.408 e. The van der Waals surface area contributed by atoms with Crippen LogP contribution in [0.15, 0.2) is 60.7 Å². The minimum Gasteiger partial charge on any atom is -0.460 e. The number of anilines is 3. The molecule has 0 radical (unpaired) electrons. The Hall–Kier alpha value is -4.99. The van der Waals surface area contributed by atoms with Crippen molar-refractivity contribution < 1.29 is 45.1 Å². The summed E-state index contributed by atoms with van der Waals surface area (Å²) >= 11 is 0. The van der Waals surface area contributed by atoms with Gasteiger partial charge in [-0.2, -0.15) is 18.3 Å². The van der Waals surface area contributed by atoms with Gasteiger partial charge >= 0.3 is 12.1 Å². The molecule has 16 heteroatoms. The number of ether oxygens (including phenoxy) is 1. The highest BCUT2D eigenvalue weighted by Crippen LogP contribution is 2.31. The number of nitrogens with one attached hydrogen (secondary N) is 2. The van der Waals surface area contributed by atoms with Gasteiger partial charge in [-0.15, -0.1) is 0 Å². The van der Waals surface area contributed by atoms with Crippen LogP contribution in [0, 0.1) is 5.82 Å². The number of rotatable bonds is 8. The van der Waals surface area contributed by atoms with Crippen molar-refractivity contribution in [2.75, 3.05) is 40.1 Å². The molecule has 1 fully saturated rings. The first-order valence-electron chi connectivity index (χ1n) is 15.1. The highest BCUT2D eigenvalue weighted by Gasteiger charge is 2.31. The van der Waals surface area contributed by atoms with Gasteiger partial charge in [0.25, 0.3) is 11.8 Å². The van der Waals surface area contributed by atoms with Gasteiger partial charge in [-0.3, -0.25) is 19.1 Å². The number of hydrogen-bond acceptors (Lipinski definition) is 8. The highest BCUT2D eigenvalue weighted by atomic mass is 32.2.